The number of nitrogens with two attached hydrogens (primary N) is 1. The summed E-state index contributed by atoms with van der Waals surface area (Å²) in [5.41, 5.74) is 14.2. The number of fused-ring (bicyclic) bond motifs is 2. The molecule has 2 heterocycles. The second-order valence-corrected chi connectivity index (χ2v) is 6.52. The highest BCUT2D eigenvalue weighted by Crippen LogP contribution is 2.42. The van der Waals surface area contributed by atoms with Gasteiger partial charge in [0.1, 0.15) is 0 Å². The van der Waals surface area contributed by atoms with Crippen LogP contribution in [0.25, 0.3) is 10.9 Å². The highest BCUT2D eigenvalue weighted by Gasteiger charge is 2.39. The summed E-state index contributed by atoms with van der Waals surface area (Å²) in [6.07, 6.45) is 5.55. The topological polar surface area (TPSA) is 57.1 Å². The Hall–Kier alpha value is -1.36. The molecule has 1 fully saturated rings. The predicted molar refractivity (Wildman–Crippen MR) is 86.1 cm³/mol. The third kappa shape index (κ3) is 2.09. The Morgan fingerprint density at radius 1 is 1.43 bits per heavy atom. The van der Waals surface area contributed by atoms with Gasteiger partial charge >= 0.3 is 0 Å². The van der Waals surface area contributed by atoms with Gasteiger partial charge in [0, 0.05) is 48.2 Å². The Morgan fingerprint density at radius 3 is 3.19 bits per heavy atom. The van der Waals surface area contributed by atoms with Crippen LogP contribution in [0.15, 0.2) is 24.4 Å². The Morgan fingerprint density at radius 2 is 2.33 bits per heavy atom. The number of piperidine rings is 1. The summed E-state index contributed by atoms with van der Waals surface area (Å²) in [5, 5.41) is 3.86. The van der Waals surface area contributed by atoms with Crippen LogP contribution in [0.3, 0.4) is 0 Å². The van der Waals surface area contributed by atoms with Crippen LogP contribution in [0.5, 0.6) is 0 Å². The van der Waals surface area contributed by atoms with Crippen molar-refractivity contribution in [3.63, 3.8) is 0 Å². The fourth-order valence-corrected chi connectivity index (χ4v) is 4.17. The number of nitrogens with one attached hydrogen (secondary N) is 2. The fraction of sp³-hybridized carbons (Fsp3) is 0.529. The van der Waals surface area contributed by atoms with Crippen molar-refractivity contribution in [3.8, 4) is 0 Å². The summed E-state index contributed by atoms with van der Waals surface area (Å²) in [4.78, 5) is 3.43. The molecular weight excluding hydrogens is 260 g/mol. The molecule has 1 aliphatic heterocycles. The number of nitrogens with zero attached hydrogens (tertiary/aromatic N) is 1. The van der Waals surface area contributed by atoms with Gasteiger partial charge < -0.3 is 10.7 Å². The molecule has 4 heteroatoms. The van der Waals surface area contributed by atoms with Gasteiger partial charge in [-0.25, -0.2) is 5.01 Å². The minimum Gasteiger partial charge on any atom is -0.361 e. The van der Waals surface area contributed by atoms with E-state index in [9.17, 15) is 0 Å². The summed E-state index contributed by atoms with van der Waals surface area (Å²) in [7, 11) is 0. The van der Waals surface area contributed by atoms with Gasteiger partial charge in [0.15, 0.2) is 0 Å². The Labute approximate surface area is 125 Å². The van der Waals surface area contributed by atoms with E-state index in [2.05, 4.69) is 46.7 Å². The van der Waals surface area contributed by atoms with Crippen LogP contribution < -0.4 is 11.2 Å². The zero-order chi connectivity index (χ0) is 14.4. The Balaban J connectivity index is 1.75. The number of rotatable bonds is 3. The average molecular weight is 284 g/mol. The minimum absolute atomic E-state index is 0.256. The zero-order valence-corrected chi connectivity index (χ0v) is 12.6. The van der Waals surface area contributed by atoms with Crippen molar-refractivity contribution in [1.29, 1.82) is 0 Å². The van der Waals surface area contributed by atoms with Crippen molar-refractivity contribution >= 4 is 10.9 Å². The monoisotopic (exact) mass is 284 g/mol. The number of aromatic amines is 1. The first kappa shape index (κ1) is 13.3. The van der Waals surface area contributed by atoms with Crippen molar-refractivity contribution in [2.24, 2.45) is 5.73 Å². The molecule has 0 radical (unpaired) electrons. The van der Waals surface area contributed by atoms with Gasteiger partial charge in [-0.05, 0) is 36.5 Å². The molecule has 0 saturated carbocycles. The number of benzene rings is 1. The summed E-state index contributed by atoms with van der Waals surface area (Å²) >= 11 is 0. The maximum atomic E-state index is 6.34. The lowest BCUT2D eigenvalue weighted by atomic mass is 9.74. The normalized spacial score (nSPS) is 28.8. The minimum atomic E-state index is 0.256. The molecule has 2 aromatic rings. The average Bonchev–Trinajstić information content (AvgIpc) is 2.90. The van der Waals surface area contributed by atoms with Crippen molar-refractivity contribution in [3.05, 3.63) is 35.5 Å². The largest absolute Gasteiger partial charge is 0.361 e. The maximum absolute atomic E-state index is 6.34. The number of hydrogen-bond donors (Lipinski definition) is 3. The molecule has 4 N–H and O–H groups in total. The second kappa shape index (κ2) is 5.13. The lowest BCUT2D eigenvalue weighted by Gasteiger charge is -2.46. The fourth-order valence-electron chi connectivity index (χ4n) is 4.17. The zero-order valence-electron chi connectivity index (χ0n) is 12.6. The van der Waals surface area contributed by atoms with E-state index in [-0.39, 0.29) is 6.04 Å². The van der Waals surface area contributed by atoms with Gasteiger partial charge in [0.2, 0.25) is 0 Å². The Bertz CT molecular complexity index is 647. The third-order valence-corrected chi connectivity index (χ3v) is 5.07. The van der Waals surface area contributed by atoms with E-state index in [1.165, 1.54) is 22.0 Å². The lowest BCUT2D eigenvalue weighted by molar-refractivity contribution is 0.0572. The number of H-pyrrole nitrogens is 1. The van der Waals surface area contributed by atoms with Crippen LogP contribution >= 0.6 is 0 Å². The van der Waals surface area contributed by atoms with Crippen molar-refractivity contribution in [2.45, 2.75) is 44.2 Å². The molecule has 0 amide bonds. The van der Waals surface area contributed by atoms with E-state index in [4.69, 9.17) is 5.73 Å². The van der Waals surface area contributed by atoms with Crippen molar-refractivity contribution < 1.29 is 0 Å². The molecule has 1 aromatic carbocycles. The Kier molecular flexibility index (Phi) is 3.25. The van der Waals surface area contributed by atoms with E-state index < -0.39 is 0 Å². The first-order valence-corrected chi connectivity index (χ1v) is 8.12. The highest BCUT2D eigenvalue weighted by atomic mass is 15.5. The third-order valence-electron chi connectivity index (χ3n) is 5.07. The van der Waals surface area contributed by atoms with Crippen LogP contribution in [0.2, 0.25) is 0 Å². The maximum Gasteiger partial charge on any atom is 0.0459 e. The van der Waals surface area contributed by atoms with Crippen LogP contribution in [0, 0.1) is 0 Å². The molecular formula is C17H24N4. The van der Waals surface area contributed by atoms with Crippen molar-refractivity contribution in [1.82, 2.24) is 15.4 Å². The summed E-state index contributed by atoms with van der Waals surface area (Å²) in [6.45, 7) is 4.19. The standard InChI is InChI=1S/C17H24N4/c1-2-6-20-21-10-12(18)8-14-13-4-3-5-15-17(13)11(9-19-15)7-16(14)21/h3-5,9,12,14,16,19-20H,2,6-8,10,18H2,1H3/t12-,14?,16+/m0/s1. The summed E-state index contributed by atoms with van der Waals surface area (Å²) < 4.78 is 0. The molecule has 4 nitrogen and oxygen atoms in total. The molecule has 2 aliphatic rings. The molecule has 112 valence electrons. The smallest absolute Gasteiger partial charge is 0.0459 e. The second-order valence-electron chi connectivity index (χ2n) is 6.52. The molecule has 21 heavy (non-hydrogen) atoms. The van der Waals surface area contributed by atoms with Gasteiger partial charge in [0.05, 0.1) is 0 Å². The molecule has 1 aromatic heterocycles. The lowest BCUT2D eigenvalue weighted by Crippen LogP contribution is -2.59. The molecule has 0 bridgehead atoms. The van der Waals surface area contributed by atoms with Crippen LogP contribution in [0.1, 0.15) is 36.8 Å². The van der Waals surface area contributed by atoms with Gasteiger partial charge in [-0.15, -0.1) is 0 Å². The SMILES string of the molecule is CCCNN1C[C@@H](N)CC2c3cccc4[nH]cc(c34)C[C@H]21. The molecule has 0 spiro atoms. The first-order valence-electron chi connectivity index (χ1n) is 8.12. The molecule has 1 unspecified atom stereocenters. The van der Waals surface area contributed by atoms with E-state index in [1.807, 2.05) is 0 Å². The first-order chi connectivity index (χ1) is 10.3. The summed E-state index contributed by atoms with van der Waals surface area (Å²) in [6, 6.07) is 7.44. The van der Waals surface area contributed by atoms with Gasteiger partial charge in [-0.1, -0.05) is 19.1 Å². The summed E-state index contributed by atoms with van der Waals surface area (Å²) in [5.74, 6) is 0.546. The predicted octanol–water partition coefficient (Wildman–Crippen LogP) is 2.12. The van der Waals surface area contributed by atoms with E-state index in [0.29, 0.717) is 12.0 Å². The molecule has 3 atom stereocenters. The quantitative estimate of drug-likeness (QED) is 0.809. The van der Waals surface area contributed by atoms with Gasteiger partial charge in [-0.3, -0.25) is 5.43 Å². The van der Waals surface area contributed by atoms with E-state index in [0.717, 1.165) is 32.4 Å². The highest BCUT2D eigenvalue weighted by molar-refractivity contribution is 5.88. The van der Waals surface area contributed by atoms with E-state index in [1.54, 1.807) is 0 Å². The molecule has 4 rings (SSSR count). The number of hydrogen-bond acceptors (Lipinski definition) is 3. The number of aromatic nitrogens is 1. The van der Waals surface area contributed by atoms with Gasteiger partial charge in [-0.2, -0.15) is 0 Å². The van der Waals surface area contributed by atoms with Crippen LogP contribution in [0.4, 0.5) is 0 Å². The number of hydrazine groups is 1. The molecule has 1 saturated heterocycles. The molecule has 1 aliphatic carbocycles. The van der Waals surface area contributed by atoms with E-state index >= 15 is 0 Å². The van der Waals surface area contributed by atoms with Gasteiger partial charge in [0.25, 0.3) is 0 Å². The van der Waals surface area contributed by atoms with Crippen LogP contribution in [-0.4, -0.2) is 35.2 Å². The van der Waals surface area contributed by atoms with Crippen molar-refractivity contribution in [2.75, 3.05) is 13.1 Å². The van der Waals surface area contributed by atoms with Crippen LogP contribution in [-0.2, 0) is 6.42 Å².